The number of imidazole rings is 1. The minimum absolute atomic E-state index is 0.542. The van der Waals surface area contributed by atoms with Crippen molar-refractivity contribution in [2.75, 3.05) is 13.1 Å². The van der Waals surface area contributed by atoms with Gasteiger partial charge in [0.15, 0.2) is 0 Å². The quantitative estimate of drug-likeness (QED) is 0.533. The number of benzene rings is 1. The SMILES string of the molecule is Cc1ccc2nc(CN3CCCC(c4nc5ccccc5s4)C3)cn2c1. The molecule has 1 aliphatic rings. The predicted octanol–water partition coefficient (Wildman–Crippen LogP) is 4.63. The number of piperidine rings is 1. The molecule has 1 saturated heterocycles. The Morgan fingerprint density at radius 1 is 1.12 bits per heavy atom. The molecular formula is C21H22N4S. The van der Waals surface area contributed by atoms with Crippen LogP contribution in [0.25, 0.3) is 15.9 Å². The highest BCUT2D eigenvalue weighted by Crippen LogP contribution is 2.33. The van der Waals surface area contributed by atoms with Crippen molar-refractivity contribution < 1.29 is 0 Å². The second-order valence-electron chi connectivity index (χ2n) is 7.30. The normalized spacial score (nSPS) is 18.7. The maximum atomic E-state index is 4.89. The number of fused-ring (bicyclic) bond motifs is 2. The first-order chi connectivity index (χ1) is 12.7. The molecule has 4 nitrogen and oxygen atoms in total. The monoisotopic (exact) mass is 362 g/mol. The summed E-state index contributed by atoms with van der Waals surface area (Å²) in [6, 6.07) is 12.7. The van der Waals surface area contributed by atoms with Gasteiger partial charge in [-0.15, -0.1) is 11.3 Å². The molecule has 1 aliphatic heterocycles. The van der Waals surface area contributed by atoms with E-state index in [1.807, 2.05) is 11.3 Å². The highest BCUT2D eigenvalue weighted by Gasteiger charge is 2.24. The zero-order chi connectivity index (χ0) is 17.5. The minimum atomic E-state index is 0.542. The molecule has 0 saturated carbocycles. The molecule has 132 valence electrons. The fourth-order valence-electron chi connectivity index (χ4n) is 3.93. The van der Waals surface area contributed by atoms with Crippen molar-refractivity contribution in [3.05, 3.63) is 65.1 Å². The average Bonchev–Trinajstić information content (AvgIpc) is 3.25. The zero-order valence-corrected chi connectivity index (χ0v) is 15.7. The van der Waals surface area contributed by atoms with Gasteiger partial charge < -0.3 is 4.40 Å². The van der Waals surface area contributed by atoms with Crippen molar-refractivity contribution in [1.29, 1.82) is 0 Å². The molecular weight excluding hydrogens is 340 g/mol. The first-order valence-corrected chi connectivity index (χ1v) is 10.1. The molecule has 0 amide bonds. The molecule has 0 N–H and O–H groups in total. The molecule has 0 radical (unpaired) electrons. The first kappa shape index (κ1) is 16.0. The number of hydrogen-bond donors (Lipinski definition) is 0. The van der Waals surface area contributed by atoms with Crippen LogP contribution in [0.3, 0.4) is 0 Å². The van der Waals surface area contributed by atoms with Crippen LogP contribution in [-0.2, 0) is 6.54 Å². The Balaban J connectivity index is 1.34. The van der Waals surface area contributed by atoms with Crippen LogP contribution < -0.4 is 0 Å². The Bertz CT molecular complexity index is 1030. The number of nitrogens with zero attached hydrogens (tertiary/aromatic N) is 4. The van der Waals surface area contributed by atoms with Gasteiger partial charge in [-0.05, 0) is 50.1 Å². The molecule has 1 aromatic carbocycles. The third-order valence-corrected chi connectivity index (χ3v) is 6.40. The number of para-hydroxylation sites is 1. The van der Waals surface area contributed by atoms with Crippen LogP contribution in [0.4, 0.5) is 0 Å². The zero-order valence-electron chi connectivity index (χ0n) is 14.9. The Labute approximate surface area is 157 Å². The third-order valence-electron chi connectivity index (χ3n) is 5.20. The molecule has 5 heteroatoms. The first-order valence-electron chi connectivity index (χ1n) is 9.27. The summed E-state index contributed by atoms with van der Waals surface area (Å²) >= 11 is 1.86. The number of rotatable bonds is 3. The molecule has 1 fully saturated rings. The largest absolute Gasteiger partial charge is 0.307 e. The second kappa shape index (κ2) is 6.49. The molecule has 0 bridgehead atoms. The van der Waals surface area contributed by atoms with Crippen molar-refractivity contribution in [2.24, 2.45) is 0 Å². The number of pyridine rings is 1. The summed E-state index contributed by atoms with van der Waals surface area (Å²) in [5.41, 5.74) is 4.58. The molecule has 26 heavy (non-hydrogen) atoms. The highest BCUT2D eigenvalue weighted by molar-refractivity contribution is 7.18. The van der Waals surface area contributed by atoms with E-state index in [-0.39, 0.29) is 0 Å². The van der Waals surface area contributed by atoms with Crippen molar-refractivity contribution in [2.45, 2.75) is 32.2 Å². The van der Waals surface area contributed by atoms with E-state index >= 15 is 0 Å². The number of likely N-dealkylation sites (tertiary alicyclic amines) is 1. The van der Waals surface area contributed by atoms with Gasteiger partial charge in [0.1, 0.15) is 5.65 Å². The van der Waals surface area contributed by atoms with Crippen molar-refractivity contribution in [3.8, 4) is 0 Å². The maximum Gasteiger partial charge on any atom is 0.137 e. The van der Waals surface area contributed by atoms with Gasteiger partial charge in [-0.2, -0.15) is 0 Å². The van der Waals surface area contributed by atoms with Gasteiger partial charge in [-0.3, -0.25) is 4.90 Å². The summed E-state index contributed by atoms with van der Waals surface area (Å²) in [4.78, 5) is 12.2. The summed E-state index contributed by atoms with van der Waals surface area (Å²) < 4.78 is 3.44. The fourth-order valence-corrected chi connectivity index (χ4v) is 5.02. The molecule has 4 heterocycles. The van der Waals surface area contributed by atoms with E-state index in [2.05, 4.69) is 65.0 Å². The Morgan fingerprint density at radius 2 is 2.04 bits per heavy atom. The van der Waals surface area contributed by atoms with Gasteiger partial charge >= 0.3 is 0 Å². The van der Waals surface area contributed by atoms with Gasteiger partial charge in [0.2, 0.25) is 0 Å². The molecule has 4 aromatic rings. The smallest absolute Gasteiger partial charge is 0.137 e. The van der Waals surface area contributed by atoms with Crippen molar-refractivity contribution >= 4 is 27.2 Å². The maximum absolute atomic E-state index is 4.89. The summed E-state index contributed by atoms with van der Waals surface area (Å²) in [6.45, 7) is 5.26. The van der Waals surface area contributed by atoms with E-state index < -0.39 is 0 Å². The van der Waals surface area contributed by atoms with E-state index in [9.17, 15) is 0 Å². The van der Waals surface area contributed by atoms with Gasteiger partial charge in [-0.1, -0.05) is 18.2 Å². The van der Waals surface area contributed by atoms with E-state index in [1.54, 1.807) is 0 Å². The summed E-state index contributed by atoms with van der Waals surface area (Å²) in [7, 11) is 0. The molecule has 0 aliphatic carbocycles. The third kappa shape index (κ3) is 3.02. The van der Waals surface area contributed by atoms with Crippen LogP contribution in [-0.4, -0.2) is 32.4 Å². The van der Waals surface area contributed by atoms with Crippen molar-refractivity contribution in [1.82, 2.24) is 19.3 Å². The fraction of sp³-hybridized carbons (Fsp3) is 0.333. The lowest BCUT2D eigenvalue weighted by Gasteiger charge is -2.31. The van der Waals surface area contributed by atoms with Crippen LogP contribution in [0.5, 0.6) is 0 Å². The number of thiazole rings is 1. The van der Waals surface area contributed by atoms with Crippen LogP contribution >= 0.6 is 11.3 Å². The van der Waals surface area contributed by atoms with Crippen molar-refractivity contribution in [3.63, 3.8) is 0 Å². The van der Waals surface area contributed by atoms with Crippen LogP contribution in [0.1, 0.15) is 35.0 Å². The van der Waals surface area contributed by atoms with E-state index in [1.165, 1.54) is 28.1 Å². The molecule has 5 rings (SSSR count). The van der Waals surface area contributed by atoms with Crippen LogP contribution in [0.2, 0.25) is 0 Å². The van der Waals surface area contributed by atoms with Gasteiger partial charge in [0.25, 0.3) is 0 Å². The topological polar surface area (TPSA) is 33.4 Å². The molecule has 1 unspecified atom stereocenters. The van der Waals surface area contributed by atoms with Gasteiger partial charge in [0.05, 0.1) is 20.9 Å². The van der Waals surface area contributed by atoms with Gasteiger partial charge in [0, 0.05) is 31.4 Å². The van der Waals surface area contributed by atoms with Crippen LogP contribution in [0.15, 0.2) is 48.8 Å². The Morgan fingerprint density at radius 3 is 2.96 bits per heavy atom. The van der Waals surface area contributed by atoms with E-state index in [0.29, 0.717) is 5.92 Å². The van der Waals surface area contributed by atoms with E-state index in [0.717, 1.165) is 36.5 Å². The summed E-state index contributed by atoms with van der Waals surface area (Å²) in [5.74, 6) is 0.542. The number of hydrogen-bond acceptors (Lipinski definition) is 4. The predicted molar refractivity (Wildman–Crippen MR) is 107 cm³/mol. The summed E-state index contributed by atoms with van der Waals surface area (Å²) in [6.07, 6.45) is 6.78. The van der Waals surface area contributed by atoms with Crippen LogP contribution in [0, 0.1) is 6.92 Å². The Kier molecular flexibility index (Phi) is 3.98. The lowest BCUT2D eigenvalue weighted by molar-refractivity contribution is 0.198. The number of aromatic nitrogens is 3. The Hall–Kier alpha value is -2.24. The highest BCUT2D eigenvalue weighted by atomic mass is 32.1. The standard InChI is InChI=1S/C21H22N4S/c1-15-8-9-20-22-17(14-25(20)11-15)13-24-10-4-5-16(12-24)21-23-18-6-2-3-7-19(18)26-21/h2-3,6-9,11,14,16H,4-5,10,12-13H2,1H3. The molecule has 3 aromatic heterocycles. The lowest BCUT2D eigenvalue weighted by atomic mass is 9.98. The van der Waals surface area contributed by atoms with Gasteiger partial charge in [-0.25, -0.2) is 9.97 Å². The minimum Gasteiger partial charge on any atom is -0.307 e. The average molecular weight is 363 g/mol. The number of aryl methyl sites for hydroxylation is 1. The second-order valence-corrected chi connectivity index (χ2v) is 8.36. The van der Waals surface area contributed by atoms with E-state index in [4.69, 9.17) is 9.97 Å². The molecule has 1 atom stereocenters. The lowest BCUT2D eigenvalue weighted by Crippen LogP contribution is -2.33. The molecule has 0 spiro atoms. The summed E-state index contributed by atoms with van der Waals surface area (Å²) in [5, 5.41) is 1.29.